The Morgan fingerprint density at radius 2 is 1.88 bits per heavy atom. The summed E-state index contributed by atoms with van der Waals surface area (Å²) in [5.41, 5.74) is 1.18. The highest BCUT2D eigenvalue weighted by Gasteiger charge is 2.67. The number of hydrogen-bond acceptors (Lipinski definition) is 11. The smallest absolute Gasteiger partial charge is 0.355 e. The van der Waals surface area contributed by atoms with Crippen LogP contribution in [-0.4, -0.2) is 79.4 Å². The van der Waals surface area contributed by atoms with Gasteiger partial charge in [-0.25, -0.2) is 9.48 Å². The molecule has 3 aromatic rings. The first kappa shape index (κ1) is 28.3. The molecule has 1 saturated heterocycles. The number of fused-ring (bicyclic) bond motifs is 1. The van der Waals surface area contributed by atoms with Gasteiger partial charge in [0.2, 0.25) is 11.1 Å². The fourth-order valence-electron chi connectivity index (χ4n) is 4.49. The first-order valence-electron chi connectivity index (χ1n) is 12.6. The molecule has 214 valence electrons. The Morgan fingerprint density at radius 3 is 2.54 bits per heavy atom. The Bertz CT molecular complexity index is 1490. The highest BCUT2D eigenvalue weighted by molar-refractivity contribution is 7.99. The number of benzene rings is 2. The SMILES string of the molecule is CO[C@@]1(NC(=O)Cc2ccc(O)cc2)C(=O)N2C(C(=O)OCc3ccc(C)cc3)=C(CSc3nnnn3C)CO[C@@H]21. The molecule has 0 saturated carbocycles. The van der Waals surface area contributed by atoms with E-state index in [1.807, 2.05) is 31.2 Å². The number of thioether (sulfide) groups is 1. The van der Waals surface area contributed by atoms with Crippen LogP contribution in [0.15, 0.2) is 65.0 Å². The van der Waals surface area contributed by atoms with E-state index in [9.17, 15) is 19.5 Å². The van der Waals surface area contributed by atoms with E-state index in [-0.39, 0.29) is 36.8 Å². The zero-order valence-corrected chi connectivity index (χ0v) is 23.4. The molecule has 2 aliphatic rings. The number of hydrogen-bond donors (Lipinski definition) is 2. The lowest BCUT2D eigenvalue weighted by Crippen LogP contribution is -2.82. The topological polar surface area (TPSA) is 158 Å². The molecule has 1 fully saturated rings. The summed E-state index contributed by atoms with van der Waals surface area (Å²) >= 11 is 1.27. The summed E-state index contributed by atoms with van der Waals surface area (Å²) in [4.78, 5) is 41.2. The number of rotatable bonds is 10. The number of aromatic hydroxyl groups is 1. The number of nitrogens with zero attached hydrogens (tertiary/aromatic N) is 5. The van der Waals surface area contributed by atoms with Gasteiger partial charge in [0.1, 0.15) is 18.1 Å². The minimum atomic E-state index is -1.83. The monoisotopic (exact) mass is 580 g/mol. The standard InChI is InChI=1S/C27H28N6O7S/c1-16-4-6-18(7-5-16)13-39-23(36)22-19(15-41-26-29-30-31-32(26)2)14-40-25-27(38-3,24(37)33(22)25)28-21(35)12-17-8-10-20(34)11-9-17/h4-11,25,34H,12-15H2,1-3H3,(H,28,35)/t25-,27+/m1/s1. The largest absolute Gasteiger partial charge is 0.508 e. The van der Waals surface area contributed by atoms with Crippen molar-refractivity contribution in [1.29, 1.82) is 0 Å². The van der Waals surface area contributed by atoms with E-state index in [4.69, 9.17) is 14.2 Å². The summed E-state index contributed by atoms with van der Waals surface area (Å²) in [5.74, 6) is -1.57. The molecule has 2 atom stereocenters. The van der Waals surface area contributed by atoms with Crippen LogP contribution in [0.25, 0.3) is 0 Å². The van der Waals surface area contributed by atoms with Gasteiger partial charge in [-0.15, -0.1) is 5.10 Å². The highest BCUT2D eigenvalue weighted by Crippen LogP contribution is 2.41. The molecule has 2 aromatic carbocycles. The molecule has 1 aromatic heterocycles. The summed E-state index contributed by atoms with van der Waals surface area (Å²) in [5, 5.41) is 24.0. The number of amides is 2. The van der Waals surface area contributed by atoms with Crippen LogP contribution in [0, 0.1) is 6.92 Å². The maximum Gasteiger partial charge on any atom is 0.355 e. The van der Waals surface area contributed by atoms with E-state index in [0.717, 1.165) is 16.0 Å². The number of phenols is 1. The first-order chi connectivity index (χ1) is 19.7. The molecule has 13 nitrogen and oxygen atoms in total. The van der Waals surface area contributed by atoms with Crippen molar-refractivity contribution in [1.82, 2.24) is 30.4 Å². The molecule has 2 N–H and O–H groups in total. The second-order valence-corrected chi connectivity index (χ2v) is 10.5. The number of phenolic OH excluding ortho intramolecular Hbond substituents is 1. The minimum Gasteiger partial charge on any atom is -0.508 e. The molecule has 2 amide bonds. The van der Waals surface area contributed by atoms with Crippen molar-refractivity contribution in [3.05, 3.63) is 76.5 Å². The number of methoxy groups -OCH3 is 1. The molecule has 3 heterocycles. The van der Waals surface area contributed by atoms with Crippen LogP contribution in [0.1, 0.15) is 16.7 Å². The number of carbonyl (C=O) groups excluding carboxylic acids is 3. The molecular formula is C27H28N6O7S. The number of esters is 1. The van der Waals surface area contributed by atoms with Gasteiger partial charge in [-0.3, -0.25) is 14.5 Å². The predicted octanol–water partition coefficient (Wildman–Crippen LogP) is 1.21. The van der Waals surface area contributed by atoms with E-state index in [2.05, 4.69) is 20.8 Å². The second kappa shape index (κ2) is 11.7. The number of ether oxygens (including phenoxy) is 3. The predicted molar refractivity (Wildman–Crippen MR) is 144 cm³/mol. The lowest BCUT2D eigenvalue weighted by Gasteiger charge is -2.55. The summed E-state index contributed by atoms with van der Waals surface area (Å²) in [6, 6.07) is 13.7. The lowest BCUT2D eigenvalue weighted by atomic mass is 9.94. The van der Waals surface area contributed by atoms with Crippen molar-refractivity contribution < 1.29 is 33.7 Å². The molecule has 0 radical (unpaired) electrons. The van der Waals surface area contributed by atoms with E-state index in [1.165, 1.54) is 35.7 Å². The van der Waals surface area contributed by atoms with Crippen molar-refractivity contribution in [3.63, 3.8) is 0 Å². The molecule has 41 heavy (non-hydrogen) atoms. The van der Waals surface area contributed by atoms with Crippen LogP contribution in [-0.2, 0) is 48.7 Å². The van der Waals surface area contributed by atoms with Crippen LogP contribution >= 0.6 is 11.8 Å². The normalized spacial score (nSPS) is 19.9. The van der Waals surface area contributed by atoms with Gasteiger partial charge in [-0.05, 0) is 46.2 Å². The Morgan fingerprint density at radius 1 is 1.17 bits per heavy atom. The molecule has 2 aliphatic heterocycles. The number of nitrogens with one attached hydrogen (secondary N) is 1. The lowest BCUT2D eigenvalue weighted by molar-refractivity contribution is -0.258. The molecule has 0 unspecified atom stereocenters. The van der Waals surface area contributed by atoms with Gasteiger partial charge in [0.25, 0.3) is 11.6 Å². The van der Waals surface area contributed by atoms with E-state index < -0.39 is 29.7 Å². The minimum absolute atomic E-state index is 0.00256. The summed E-state index contributed by atoms with van der Waals surface area (Å²) < 4.78 is 18.6. The Kier molecular flexibility index (Phi) is 8.06. The maximum absolute atomic E-state index is 13.6. The number of β-lactam (4-membered cyclic amide) rings is 1. The maximum atomic E-state index is 13.6. The Labute approximate surface area is 239 Å². The molecule has 0 bridgehead atoms. The van der Waals surface area contributed by atoms with Gasteiger partial charge in [0.05, 0.1) is 13.0 Å². The highest BCUT2D eigenvalue weighted by atomic mass is 32.2. The second-order valence-electron chi connectivity index (χ2n) is 9.56. The Hall–Kier alpha value is -4.27. The molecule has 5 rings (SSSR count). The van der Waals surface area contributed by atoms with Crippen LogP contribution in [0.3, 0.4) is 0 Å². The number of aryl methyl sites for hydroxylation is 2. The zero-order chi connectivity index (χ0) is 29.1. The van der Waals surface area contributed by atoms with E-state index in [1.54, 1.807) is 19.2 Å². The number of carbonyl (C=O) groups is 3. The van der Waals surface area contributed by atoms with Crippen molar-refractivity contribution in [2.24, 2.45) is 7.05 Å². The van der Waals surface area contributed by atoms with Crippen molar-refractivity contribution >= 4 is 29.5 Å². The molecular weight excluding hydrogens is 552 g/mol. The van der Waals surface area contributed by atoms with Crippen LogP contribution in [0.4, 0.5) is 0 Å². The van der Waals surface area contributed by atoms with Crippen LogP contribution in [0.2, 0.25) is 0 Å². The molecule has 0 aliphatic carbocycles. The van der Waals surface area contributed by atoms with Gasteiger partial charge in [0, 0.05) is 19.9 Å². The number of aromatic nitrogens is 4. The van der Waals surface area contributed by atoms with Crippen LogP contribution in [0.5, 0.6) is 5.75 Å². The summed E-state index contributed by atoms with van der Waals surface area (Å²) in [6.07, 6.45) is -1.17. The Balaban J connectivity index is 1.37. The fraction of sp³-hybridized carbons (Fsp3) is 0.333. The van der Waals surface area contributed by atoms with Crippen molar-refractivity contribution in [2.45, 2.75) is 37.1 Å². The van der Waals surface area contributed by atoms with E-state index >= 15 is 0 Å². The van der Waals surface area contributed by atoms with Crippen molar-refractivity contribution in [3.8, 4) is 5.75 Å². The quantitative estimate of drug-likeness (QED) is 0.154. The third kappa shape index (κ3) is 5.66. The van der Waals surface area contributed by atoms with E-state index in [0.29, 0.717) is 16.3 Å². The van der Waals surface area contributed by atoms with Crippen molar-refractivity contribution in [2.75, 3.05) is 19.5 Å². The van der Waals surface area contributed by atoms with Gasteiger partial charge in [0.15, 0.2) is 6.23 Å². The van der Waals surface area contributed by atoms with Crippen LogP contribution < -0.4 is 5.32 Å². The van der Waals surface area contributed by atoms with Gasteiger partial charge < -0.3 is 24.6 Å². The average Bonchev–Trinajstić information content (AvgIpc) is 3.39. The average molecular weight is 581 g/mol. The van der Waals surface area contributed by atoms with Gasteiger partial charge in [-0.2, -0.15) is 0 Å². The van der Waals surface area contributed by atoms with Gasteiger partial charge >= 0.3 is 5.97 Å². The molecule has 0 spiro atoms. The zero-order valence-electron chi connectivity index (χ0n) is 22.6. The third-order valence-corrected chi connectivity index (χ3v) is 7.80. The first-order valence-corrected chi connectivity index (χ1v) is 13.6. The molecule has 14 heteroatoms. The fourth-order valence-corrected chi connectivity index (χ4v) is 5.33. The summed E-state index contributed by atoms with van der Waals surface area (Å²) in [7, 11) is 2.97. The summed E-state index contributed by atoms with van der Waals surface area (Å²) in [6.45, 7) is 1.93. The third-order valence-electron chi connectivity index (χ3n) is 6.70. The number of tetrazole rings is 1. The van der Waals surface area contributed by atoms with Gasteiger partial charge in [-0.1, -0.05) is 53.7 Å².